The van der Waals surface area contributed by atoms with Crippen molar-refractivity contribution < 1.29 is 27.1 Å². The van der Waals surface area contributed by atoms with E-state index in [1.165, 1.54) is 11.3 Å². The maximum atomic E-state index is 12.7. The molecule has 12 heteroatoms. The Morgan fingerprint density at radius 1 is 1.25 bits per heavy atom. The zero-order valence-electron chi connectivity index (χ0n) is 16.4. The van der Waals surface area contributed by atoms with Crippen LogP contribution in [0.4, 0.5) is 13.2 Å². The van der Waals surface area contributed by atoms with Gasteiger partial charge in [0.15, 0.2) is 5.01 Å². The first-order chi connectivity index (χ1) is 15.1. The van der Waals surface area contributed by atoms with Crippen molar-refractivity contribution in [3.8, 4) is 0 Å². The smallest absolute Gasteiger partial charge is 0.424 e. The summed E-state index contributed by atoms with van der Waals surface area (Å²) in [6.07, 6.45) is -3.00. The standard InChI is InChI=1S/C20H16ClF3N4O3S/c21-10-1-2-13-12(5-10)25-16(32-13)14(29)26-19-6-18(7-19,8-19)17-28-27-15(30-17)9-3-11(4-9)31-20(22,23)24/h1-2,5,9,11H,3-4,6-8H2,(H,26,29)/t9-,11+,18?,19?. The predicted molar refractivity (Wildman–Crippen MR) is 108 cm³/mol. The number of thiazole rings is 1. The number of amides is 1. The van der Waals surface area contributed by atoms with Crippen LogP contribution in [-0.4, -0.2) is 39.1 Å². The van der Waals surface area contributed by atoms with E-state index in [0.717, 1.165) is 4.70 Å². The molecule has 0 atom stereocenters. The Labute approximate surface area is 188 Å². The van der Waals surface area contributed by atoms with Crippen LogP contribution in [0.5, 0.6) is 0 Å². The Kier molecular flexibility index (Phi) is 4.23. The van der Waals surface area contributed by atoms with Crippen LogP contribution in [0.15, 0.2) is 22.6 Å². The molecular weight excluding hydrogens is 469 g/mol. The zero-order valence-corrected chi connectivity index (χ0v) is 18.0. The summed E-state index contributed by atoms with van der Waals surface area (Å²) in [6.45, 7) is 0. The van der Waals surface area contributed by atoms with Crippen molar-refractivity contribution >= 4 is 39.1 Å². The van der Waals surface area contributed by atoms with Crippen molar-refractivity contribution in [1.29, 1.82) is 0 Å². The third-order valence-electron chi connectivity index (χ3n) is 6.59. The van der Waals surface area contributed by atoms with Gasteiger partial charge in [0.05, 0.1) is 21.7 Å². The summed E-state index contributed by atoms with van der Waals surface area (Å²) in [7, 11) is 0. The second kappa shape index (κ2) is 6.64. The van der Waals surface area contributed by atoms with Gasteiger partial charge in [0.1, 0.15) is 0 Å². The molecule has 0 saturated heterocycles. The van der Waals surface area contributed by atoms with Crippen molar-refractivity contribution in [2.24, 2.45) is 0 Å². The number of fused-ring (bicyclic) bond motifs is 1. The lowest BCUT2D eigenvalue weighted by molar-refractivity contribution is -0.352. The monoisotopic (exact) mass is 484 g/mol. The first kappa shape index (κ1) is 20.4. The highest BCUT2D eigenvalue weighted by molar-refractivity contribution is 7.20. The molecule has 168 valence electrons. The summed E-state index contributed by atoms with van der Waals surface area (Å²) in [4.78, 5) is 17.1. The van der Waals surface area contributed by atoms with Gasteiger partial charge in [-0.15, -0.1) is 34.7 Å². The summed E-state index contributed by atoms with van der Waals surface area (Å²) in [5, 5.41) is 12.2. The number of rotatable bonds is 5. The SMILES string of the molecule is O=C(NC12CC(c3nnc([C@H]4C[C@@H](OC(F)(F)F)C4)o3)(C1)C2)c1nc2cc(Cl)ccc2s1. The quantitative estimate of drug-likeness (QED) is 0.563. The van der Waals surface area contributed by atoms with E-state index >= 15 is 0 Å². The number of hydrogen-bond donors (Lipinski definition) is 1. The van der Waals surface area contributed by atoms with E-state index in [1.54, 1.807) is 12.1 Å². The third-order valence-corrected chi connectivity index (χ3v) is 7.86. The van der Waals surface area contributed by atoms with Crippen LogP contribution in [0.3, 0.4) is 0 Å². The number of benzene rings is 1. The molecule has 7 nitrogen and oxygen atoms in total. The lowest BCUT2D eigenvalue weighted by Crippen LogP contribution is -2.76. The topological polar surface area (TPSA) is 90.1 Å². The fourth-order valence-corrected chi connectivity index (χ4v) is 6.11. The highest BCUT2D eigenvalue weighted by atomic mass is 35.5. The van der Waals surface area contributed by atoms with Gasteiger partial charge < -0.3 is 9.73 Å². The fraction of sp³-hybridized carbons (Fsp3) is 0.500. The molecule has 4 aliphatic carbocycles. The Morgan fingerprint density at radius 2 is 2.00 bits per heavy atom. The minimum Gasteiger partial charge on any atom is -0.424 e. The number of aromatic nitrogens is 3. The Hall–Kier alpha value is -2.24. The molecule has 0 radical (unpaired) electrons. The second-order valence-corrected chi connectivity index (χ2v) is 10.4. The third kappa shape index (κ3) is 3.29. The van der Waals surface area contributed by atoms with Crippen molar-refractivity contribution in [3.05, 3.63) is 40.0 Å². The van der Waals surface area contributed by atoms with Crippen molar-refractivity contribution in [1.82, 2.24) is 20.5 Å². The number of carbonyl (C=O) groups excluding carboxylic acids is 1. The molecule has 2 bridgehead atoms. The molecule has 0 spiro atoms. The van der Waals surface area contributed by atoms with E-state index in [-0.39, 0.29) is 35.6 Å². The molecule has 7 rings (SSSR count). The van der Waals surface area contributed by atoms with E-state index in [9.17, 15) is 18.0 Å². The average Bonchev–Trinajstić information content (AvgIpc) is 3.25. The van der Waals surface area contributed by atoms with Crippen LogP contribution in [0.1, 0.15) is 59.6 Å². The molecule has 1 aromatic carbocycles. The lowest BCUT2D eigenvalue weighted by atomic mass is 9.39. The summed E-state index contributed by atoms with van der Waals surface area (Å²) in [5.41, 5.74) is 0.133. The highest BCUT2D eigenvalue weighted by Gasteiger charge is 2.72. The molecule has 3 aromatic rings. The number of nitrogens with zero attached hydrogens (tertiary/aromatic N) is 3. The molecule has 1 amide bonds. The van der Waals surface area contributed by atoms with Crippen molar-refractivity contribution in [2.45, 2.75) is 61.4 Å². The summed E-state index contributed by atoms with van der Waals surface area (Å²) >= 11 is 7.30. The van der Waals surface area contributed by atoms with Crippen LogP contribution >= 0.6 is 22.9 Å². The van der Waals surface area contributed by atoms with Crippen LogP contribution < -0.4 is 5.32 Å². The minimum absolute atomic E-state index is 0.210. The molecular formula is C20H16ClF3N4O3S. The Balaban J connectivity index is 1.06. The number of ether oxygens (including phenoxy) is 1. The second-order valence-electron chi connectivity index (χ2n) is 8.98. The van der Waals surface area contributed by atoms with Crippen LogP contribution in [0, 0.1) is 0 Å². The van der Waals surface area contributed by atoms with Gasteiger partial charge >= 0.3 is 6.36 Å². The van der Waals surface area contributed by atoms with E-state index in [4.69, 9.17) is 16.0 Å². The van der Waals surface area contributed by atoms with Gasteiger partial charge in [-0.05, 0) is 50.3 Å². The molecule has 1 N–H and O–H groups in total. The van der Waals surface area contributed by atoms with Gasteiger partial charge in [-0.3, -0.25) is 9.53 Å². The molecule has 4 fully saturated rings. The molecule has 2 aromatic heterocycles. The number of halogens is 4. The average molecular weight is 485 g/mol. The molecule has 0 aliphatic heterocycles. The van der Waals surface area contributed by atoms with Gasteiger partial charge in [-0.1, -0.05) is 11.6 Å². The number of hydrogen-bond acceptors (Lipinski definition) is 7. The van der Waals surface area contributed by atoms with Gasteiger partial charge in [-0.2, -0.15) is 0 Å². The largest absolute Gasteiger partial charge is 0.522 e. The number of alkyl halides is 3. The summed E-state index contributed by atoms with van der Waals surface area (Å²) in [5.74, 6) is 0.431. The van der Waals surface area contributed by atoms with E-state index in [1.807, 2.05) is 6.07 Å². The fourth-order valence-electron chi connectivity index (χ4n) is 5.11. The molecule has 4 aliphatic rings. The number of nitrogens with one attached hydrogen (secondary N) is 1. The molecule has 0 unspecified atom stereocenters. The Bertz CT molecular complexity index is 1220. The number of carbonyl (C=O) groups is 1. The first-order valence-corrected chi connectivity index (χ1v) is 11.3. The lowest BCUT2D eigenvalue weighted by Gasteiger charge is -2.68. The van der Waals surface area contributed by atoms with Gasteiger partial charge in [0.2, 0.25) is 11.8 Å². The molecule has 2 heterocycles. The first-order valence-electron chi connectivity index (χ1n) is 10.1. The van der Waals surface area contributed by atoms with Gasteiger partial charge in [-0.25, -0.2) is 4.98 Å². The van der Waals surface area contributed by atoms with Crippen molar-refractivity contribution in [2.75, 3.05) is 0 Å². The maximum absolute atomic E-state index is 12.7. The van der Waals surface area contributed by atoms with Gasteiger partial charge in [0.25, 0.3) is 5.91 Å². The highest BCUT2D eigenvalue weighted by Crippen LogP contribution is 2.67. The van der Waals surface area contributed by atoms with E-state index in [2.05, 4.69) is 25.2 Å². The van der Waals surface area contributed by atoms with Crippen LogP contribution in [0.2, 0.25) is 5.02 Å². The van der Waals surface area contributed by atoms with E-state index < -0.39 is 12.5 Å². The Morgan fingerprint density at radius 3 is 2.72 bits per heavy atom. The van der Waals surface area contributed by atoms with Crippen molar-refractivity contribution in [3.63, 3.8) is 0 Å². The summed E-state index contributed by atoms with van der Waals surface area (Å²) in [6, 6.07) is 5.34. The summed E-state index contributed by atoms with van der Waals surface area (Å²) < 4.78 is 47.5. The van der Waals surface area contributed by atoms with Crippen LogP contribution in [-0.2, 0) is 10.2 Å². The minimum atomic E-state index is -4.63. The molecule has 32 heavy (non-hydrogen) atoms. The normalized spacial score (nSPS) is 31.0. The predicted octanol–water partition coefficient (Wildman–Crippen LogP) is 4.72. The van der Waals surface area contributed by atoms with E-state index in [0.29, 0.717) is 46.6 Å². The molecule has 4 saturated carbocycles. The maximum Gasteiger partial charge on any atom is 0.522 e. The van der Waals surface area contributed by atoms with Crippen LogP contribution in [0.25, 0.3) is 10.2 Å². The van der Waals surface area contributed by atoms with Gasteiger partial charge in [0, 0.05) is 16.5 Å². The zero-order chi connectivity index (χ0) is 22.3.